The predicted octanol–water partition coefficient (Wildman–Crippen LogP) is -1.99. The quantitative estimate of drug-likeness (QED) is 0.382. The lowest BCUT2D eigenvalue weighted by Crippen LogP contribution is -2.66. The van der Waals surface area contributed by atoms with Crippen LogP contribution < -0.4 is 10.6 Å². The number of fused-ring (bicyclic) bond motifs is 1. The van der Waals surface area contributed by atoms with Crippen LogP contribution in [0.4, 0.5) is 4.79 Å². The van der Waals surface area contributed by atoms with E-state index in [0.29, 0.717) is 26.1 Å². The van der Waals surface area contributed by atoms with Gasteiger partial charge in [-0.05, 0) is 6.42 Å². The number of nitrogens with one attached hydrogen (secondary N) is 2. The second-order valence-corrected chi connectivity index (χ2v) is 5.07. The average Bonchev–Trinajstić information content (AvgIpc) is 2.74. The van der Waals surface area contributed by atoms with Gasteiger partial charge in [-0.2, -0.15) is 0 Å². The monoisotopic (exact) mass is 271 g/mol. The number of hydrogen-bond acceptors (Lipinski definition) is 5. The summed E-state index contributed by atoms with van der Waals surface area (Å²) in [5.74, 6) is 0. The van der Waals surface area contributed by atoms with Gasteiger partial charge >= 0.3 is 6.03 Å². The topological polar surface area (TPSA) is 105 Å². The molecule has 5 atom stereocenters. The molecule has 108 valence electrons. The number of aliphatic hydroxyl groups excluding tert-OH is 3. The van der Waals surface area contributed by atoms with Gasteiger partial charge in [0, 0.05) is 19.6 Å². The number of urea groups is 1. The molecule has 2 fully saturated rings. The van der Waals surface area contributed by atoms with Gasteiger partial charge in [0.1, 0.15) is 6.10 Å². The fraction of sp³-hybridized carbons (Fsp3) is 0.750. The molecule has 2 rings (SSSR count). The van der Waals surface area contributed by atoms with Crippen LogP contribution in [-0.4, -0.2) is 76.3 Å². The van der Waals surface area contributed by atoms with Crippen LogP contribution in [0.2, 0.25) is 0 Å². The van der Waals surface area contributed by atoms with Crippen molar-refractivity contribution in [3.05, 3.63) is 12.7 Å². The number of carbonyl (C=O) groups excluding carboxylic acids is 1. The molecule has 19 heavy (non-hydrogen) atoms. The highest BCUT2D eigenvalue weighted by Crippen LogP contribution is 2.28. The molecule has 0 aromatic carbocycles. The maximum atomic E-state index is 11.5. The maximum Gasteiger partial charge on any atom is 0.315 e. The third-order valence-corrected chi connectivity index (χ3v) is 3.79. The summed E-state index contributed by atoms with van der Waals surface area (Å²) in [5, 5.41) is 35.0. The van der Waals surface area contributed by atoms with E-state index >= 15 is 0 Å². The highest BCUT2D eigenvalue weighted by molar-refractivity contribution is 5.74. The van der Waals surface area contributed by atoms with Gasteiger partial charge in [-0.25, -0.2) is 4.79 Å². The van der Waals surface area contributed by atoms with Gasteiger partial charge < -0.3 is 26.0 Å². The Labute approximate surface area is 111 Å². The second-order valence-electron chi connectivity index (χ2n) is 5.07. The molecule has 2 saturated heterocycles. The van der Waals surface area contributed by atoms with Crippen molar-refractivity contribution in [2.24, 2.45) is 0 Å². The first kappa shape index (κ1) is 14.3. The van der Waals surface area contributed by atoms with E-state index in [1.165, 1.54) is 0 Å². The summed E-state index contributed by atoms with van der Waals surface area (Å²) in [6.45, 7) is 4.90. The number of aliphatic hydroxyl groups is 3. The van der Waals surface area contributed by atoms with Crippen LogP contribution in [0.15, 0.2) is 12.7 Å². The lowest BCUT2D eigenvalue weighted by Gasteiger charge is -2.43. The van der Waals surface area contributed by atoms with Gasteiger partial charge in [0.05, 0.1) is 24.3 Å². The van der Waals surface area contributed by atoms with Crippen molar-refractivity contribution in [2.45, 2.75) is 36.8 Å². The third kappa shape index (κ3) is 2.89. The van der Waals surface area contributed by atoms with Crippen molar-refractivity contribution >= 4 is 6.03 Å². The molecule has 2 heterocycles. The zero-order valence-electron chi connectivity index (χ0n) is 10.7. The Morgan fingerprint density at radius 2 is 2.11 bits per heavy atom. The second kappa shape index (κ2) is 5.87. The van der Waals surface area contributed by atoms with E-state index in [4.69, 9.17) is 0 Å². The Balaban J connectivity index is 1.95. The largest absolute Gasteiger partial charge is 0.391 e. The summed E-state index contributed by atoms with van der Waals surface area (Å²) in [7, 11) is 0. The molecule has 5 N–H and O–H groups in total. The first-order chi connectivity index (χ1) is 9.04. The highest BCUT2D eigenvalue weighted by Gasteiger charge is 2.48. The van der Waals surface area contributed by atoms with Gasteiger partial charge in [-0.1, -0.05) is 6.08 Å². The van der Waals surface area contributed by atoms with Crippen LogP contribution in [0.3, 0.4) is 0 Å². The average molecular weight is 271 g/mol. The first-order valence-electron chi connectivity index (χ1n) is 6.48. The maximum absolute atomic E-state index is 11.5. The normalized spacial score (nSPS) is 38.6. The number of carbonyl (C=O) groups is 1. The Morgan fingerprint density at radius 1 is 1.37 bits per heavy atom. The Bertz CT molecular complexity index is 352. The van der Waals surface area contributed by atoms with Crippen LogP contribution in [-0.2, 0) is 0 Å². The van der Waals surface area contributed by atoms with Gasteiger partial charge in [0.2, 0.25) is 0 Å². The molecule has 0 aromatic rings. The number of amides is 2. The van der Waals surface area contributed by atoms with Crippen LogP contribution in [0, 0.1) is 0 Å². The minimum atomic E-state index is -1.08. The van der Waals surface area contributed by atoms with E-state index in [1.54, 1.807) is 6.08 Å². The molecule has 0 unspecified atom stereocenters. The summed E-state index contributed by atoms with van der Waals surface area (Å²) in [4.78, 5) is 13.5. The molecule has 2 aliphatic heterocycles. The number of nitrogens with zero attached hydrogens (tertiary/aromatic N) is 1. The Hall–Kier alpha value is -1.15. The van der Waals surface area contributed by atoms with Crippen molar-refractivity contribution in [1.29, 1.82) is 0 Å². The zero-order valence-corrected chi connectivity index (χ0v) is 10.7. The molecule has 2 aliphatic rings. The molecule has 7 heteroatoms. The molecular weight excluding hydrogens is 250 g/mol. The van der Waals surface area contributed by atoms with Crippen LogP contribution in [0.1, 0.15) is 6.42 Å². The minimum Gasteiger partial charge on any atom is -0.391 e. The number of piperidine rings is 1. The van der Waals surface area contributed by atoms with Gasteiger partial charge in [-0.3, -0.25) is 4.90 Å². The SMILES string of the molecule is C=CCNC(=O)N[C@H]1CN2CC[C@H](O)[C@@H]2[C@@H](O)[C@@H]1O. The molecule has 0 aliphatic carbocycles. The molecule has 2 amide bonds. The molecule has 0 spiro atoms. The fourth-order valence-electron chi connectivity index (χ4n) is 2.83. The van der Waals surface area contributed by atoms with E-state index in [9.17, 15) is 20.1 Å². The summed E-state index contributed by atoms with van der Waals surface area (Å²) in [6.07, 6.45) is -0.637. The van der Waals surface area contributed by atoms with Crippen molar-refractivity contribution in [3.63, 3.8) is 0 Å². The number of rotatable bonds is 3. The van der Waals surface area contributed by atoms with E-state index in [-0.39, 0.29) is 0 Å². The van der Waals surface area contributed by atoms with Crippen molar-refractivity contribution in [3.8, 4) is 0 Å². The molecule has 0 aromatic heterocycles. The molecule has 0 bridgehead atoms. The van der Waals surface area contributed by atoms with Gasteiger partial charge in [-0.15, -0.1) is 6.58 Å². The standard InChI is InChI=1S/C12H21N3O4/c1-2-4-13-12(19)14-7-6-15-5-3-8(16)9(15)11(18)10(7)17/h2,7-11,16-18H,1,3-6H2,(H2,13,14,19)/t7-,8-,9+,10+,11+/m0/s1. The Kier molecular flexibility index (Phi) is 4.41. The lowest BCUT2D eigenvalue weighted by molar-refractivity contribution is -0.0992. The molecular formula is C12H21N3O4. The zero-order chi connectivity index (χ0) is 14.0. The first-order valence-corrected chi connectivity index (χ1v) is 6.48. The van der Waals surface area contributed by atoms with E-state index in [1.807, 2.05) is 4.90 Å². The van der Waals surface area contributed by atoms with Gasteiger partial charge in [0.15, 0.2) is 0 Å². The highest BCUT2D eigenvalue weighted by atomic mass is 16.3. The molecule has 0 saturated carbocycles. The lowest BCUT2D eigenvalue weighted by atomic mass is 9.91. The van der Waals surface area contributed by atoms with E-state index in [0.717, 1.165) is 0 Å². The summed E-state index contributed by atoms with van der Waals surface area (Å²) < 4.78 is 0. The van der Waals surface area contributed by atoms with Crippen LogP contribution in [0.5, 0.6) is 0 Å². The minimum absolute atomic E-state index is 0.336. The third-order valence-electron chi connectivity index (χ3n) is 3.79. The van der Waals surface area contributed by atoms with E-state index < -0.39 is 36.4 Å². The smallest absolute Gasteiger partial charge is 0.315 e. The predicted molar refractivity (Wildman–Crippen MR) is 68.5 cm³/mol. The van der Waals surface area contributed by atoms with Crippen LogP contribution in [0.25, 0.3) is 0 Å². The van der Waals surface area contributed by atoms with Crippen molar-refractivity contribution < 1.29 is 20.1 Å². The molecule has 0 radical (unpaired) electrons. The van der Waals surface area contributed by atoms with Crippen molar-refractivity contribution in [2.75, 3.05) is 19.6 Å². The molecule has 7 nitrogen and oxygen atoms in total. The van der Waals surface area contributed by atoms with Crippen molar-refractivity contribution in [1.82, 2.24) is 15.5 Å². The summed E-state index contributed by atoms with van der Waals surface area (Å²) >= 11 is 0. The summed E-state index contributed by atoms with van der Waals surface area (Å²) in [6, 6.07) is -1.40. The van der Waals surface area contributed by atoms with E-state index in [2.05, 4.69) is 17.2 Å². The Morgan fingerprint density at radius 3 is 2.79 bits per heavy atom. The van der Waals surface area contributed by atoms with Gasteiger partial charge in [0.25, 0.3) is 0 Å². The fourth-order valence-corrected chi connectivity index (χ4v) is 2.83. The summed E-state index contributed by atoms with van der Waals surface area (Å²) in [5.41, 5.74) is 0. The van der Waals surface area contributed by atoms with Crippen LogP contribution >= 0.6 is 0 Å². The number of hydrogen-bond donors (Lipinski definition) is 5.